The van der Waals surface area contributed by atoms with Crippen molar-refractivity contribution in [3.63, 3.8) is 0 Å². The van der Waals surface area contributed by atoms with Gasteiger partial charge in [0.05, 0.1) is 0 Å². The van der Waals surface area contributed by atoms with Crippen LogP contribution in [0.5, 0.6) is 0 Å². The standard InChI is InChI=1S/C5H4N4O2S/c6-4-7-2-1(3(10)9-4)11-5(12)8-2/h(H4,6,7,8,9,10,12). The van der Waals surface area contributed by atoms with Crippen LogP contribution in [0.25, 0.3) is 11.2 Å². The zero-order valence-corrected chi connectivity index (χ0v) is 6.57. The molecule has 0 unspecified atom stereocenters. The van der Waals surface area contributed by atoms with Crippen LogP contribution in [-0.2, 0) is 0 Å². The predicted octanol–water partition coefficient (Wildman–Crippen LogP) is 0.156. The zero-order chi connectivity index (χ0) is 8.72. The number of hydrogen-bond acceptors (Lipinski definition) is 5. The lowest BCUT2D eigenvalue weighted by atomic mass is 10.6. The molecule has 2 aromatic rings. The van der Waals surface area contributed by atoms with Crippen molar-refractivity contribution in [1.29, 1.82) is 0 Å². The van der Waals surface area contributed by atoms with Crippen molar-refractivity contribution in [3.8, 4) is 0 Å². The van der Waals surface area contributed by atoms with E-state index in [2.05, 4.69) is 27.2 Å². The van der Waals surface area contributed by atoms with Crippen LogP contribution < -0.4 is 11.3 Å². The average molecular weight is 184 g/mol. The van der Waals surface area contributed by atoms with E-state index >= 15 is 0 Å². The van der Waals surface area contributed by atoms with Gasteiger partial charge in [-0.1, -0.05) is 0 Å². The summed E-state index contributed by atoms with van der Waals surface area (Å²) in [6.45, 7) is 0. The molecule has 2 heterocycles. The summed E-state index contributed by atoms with van der Waals surface area (Å²) in [6, 6.07) is 0. The summed E-state index contributed by atoms with van der Waals surface area (Å²) in [7, 11) is 0. The Kier molecular flexibility index (Phi) is 1.28. The summed E-state index contributed by atoms with van der Waals surface area (Å²) < 4.78 is 4.85. The van der Waals surface area contributed by atoms with Crippen LogP contribution in [0.2, 0.25) is 0 Å². The second-order valence-corrected chi connectivity index (χ2v) is 2.51. The summed E-state index contributed by atoms with van der Waals surface area (Å²) in [5, 5.41) is 0. The third-order valence-corrected chi connectivity index (χ3v) is 1.50. The van der Waals surface area contributed by atoms with Crippen LogP contribution in [0, 0.1) is 4.84 Å². The normalized spacial score (nSPS) is 10.7. The number of nitrogens with zero attached hydrogens (tertiary/aromatic N) is 1. The number of nitrogen functional groups attached to an aromatic ring is 1. The van der Waals surface area contributed by atoms with Crippen molar-refractivity contribution in [2.75, 3.05) is 5.73 Å². The molecule has 0 radical (unpaired) electrons. The number of H-pyrrole nitrogens is 2. The van der Waals surface area contributed by atoms with E-state index in [0.29, 0.717) is 0 Å². The van der Waals surface area contributed by atoms with Crippen molar-refractivity contribution in [2.45, 2.75) is 0 Å². The van der Waals surface area contributed by atoms with Gasteiger partial charge in [-0.25, -0.2) is 0 Å². The van der Waals surface area contributed by atoms with Crippen LogP contribution in [0.3, 0.4) is 0 Å². The van der Waals surface area contributed by atoms with E-state index in [9.17, 15) is 4.79 Å². The maximum atomic E-state index is 11.1. The minimum absolute atomic E-state index is 0.0274. The molecule has 2 aromatic heterocycles. The fourth-order valence-corrected chi connectivity index (χ4v) is 1.05. The van der Waals surface area contributed by atoms with Crippen molar-refractivity contribution < 1.29 is 4.42 Å². The Morgan fingerprint density at radius 3 is 3.00 bits per heavy atom. The molecular formula is C5H4N4O2S. The van der Waals surface area contributed by atoms with E-state index in [4.69, 9.17) is 10.2 Å². The summed E-state index contributed by atoms with van der Waals surface area (Å²) >= 11 is 4.66. The Hall–Kier alpha value is -1.63. The van der Waals surface area contributed by atoms with Gasteiger partial charge in [-0.2, -0.15) is 4.98 Å². The highest BCUT2D eigenvalue weighted by Gasteiger charge is 2.05. The first-order valence-corrected chi connectivity index (χ1v) is 3.46. The van der Waals surface area contributed by atoms with Crippen molar-refractivity contribution in [1.82, 2.24) is 15.0 Å². The molecule has 0 bridgehead atoms. The Labute approximate surface area is 70.4 Å². The number of nitrogens with two attached hydrogens (primary N) is 1. The molecule has 6 nitrogen and oxygen atoms in total. The minimum atomic E-state index is -0.440. The lowest BCUT2D eigenvalue weighted by molar-refractivity contribution is 0.579. The van der Waals surface area contributed by atoms with E-state index in [1.165, 1.54) is 0 Å². The van der Waals surface area contributed by atoms with Crippen LogP contribution in [0.4, 0.5) is 5.95 Å². The summed E-state index contributed by atoms with van der Waals surface area (Å²) in [5.74, 6) is 0.0274. The number of nitrogens with one attached hydrogen (secondary N) is 2. The van der Waals surface area contributed by atoms with Crippen LogP contribution in [0.15, 0.2) is 9.21 Å². The van der Waals surface area contributed by atoms with Gasteiger partial charge in [-0.15, -0.1) is 0 Å². The van der Waals surface area contributed by atoms with E-state index in [1.54, 1.807) is 0 Å². The van der Waals surface area contributed by atoms with Gasteiger partial charge in [0.1, 0.15) is 0 Å². The first kappa shape index (κ1) is 7.04. The summed E-state index contributed by atoms with van der Waals surface area (Å²) in [5.41, 5.74) is 5.16. The maximum absolute atomic E-state index is 11.1. The molecule has 0 aliphatic carbocycles. The molecule has 0 aromatic carbocycles. The molecule has 0 saturated heterocycles. The zero-order valence-electron chi connectivity index (χ0n) is 5.75. The second-order valence-electron chi connectivity index (χ2n) is 2.14. The second kappa shape index (κ2) is 2.18. The van der Waals surface area contributed by atoms with Gasteiger partial charge in [-0.05, 0) is 12.2 Å². The van der Waals surface area contributed by atoms with Crippen molar-refractivity contribution >= 4 is 29.4 Å². The highest BCUT2D eigenvalue weighted by molar-refractivity contribution is 7.71. The number of oxazole rings is 1. The monoisotopic (exact) mass is 184 g/mol. The molecule has 0 aliphatic rings. The van der Waals surface area contributed by atoms with Crippen molar-refractivity contribution in [2.24, 2.45) is 0 Å². The Balaban J connectivity index is 3.08. The summed E-state index contributed by atoms with van der Waals surface area (Å²) in [4.78, 5) is 19.8. The van der Waals surface area contributed by atoms with Crippen LogP contribution in [-0.4, -0.2) is 15.0 Å². The van der Waals surface area contributed by atoms with Gasteiger partial charge in [0, 0.05) is 0 Å². The number of fused-ring (bicyclic) bond motifs is 1. The first-order valence-electron chi connectivity index (χ1n) is 3.05. The lowest BCUT2D eigenvalue weighted by Crippen LogP contribution is -2.09. The minimum Gasteiger partial charge on any atom is -0.422 e. The number of aromatic nitrogens is 3. The molecule has 0 atom stereocenters. The van der Waals surface area contributed by atoms with Gasteiger partial charge >= 0.3 is 0 Å². The fraction of sp³-hybridized carbons (Fsp3) is 0. The highest BCUT2D eigenvalue weighted by atomic mass is 32.1. The third-order valence-electron chi connectivity index (χ3n) is 1.31. The lowest BCUT2D eigenvalue weighted by Gasteiger charge is -1.88. The Morgan fingerprint density at radius 1 is 1.50 bits per heavy atom. The molecule has 12 heavy (non-hydrogen) atoms. The number of aromatic amines is 2. The molecule has 7 heteroatoms. The van der Waals surface area contributed by atoms with Gasteiger partial charge in [0.25, 0.3) is 10.4 Å². The fourth-order valence-electron chi connectivity index (χ4n) is 0.874. The molecule has 2 rings (SSSR count). The molecule has 62 valence electrons. The smallest absolute Gasteiger partial charge is 0.297 e. The SMILES string of the molecule is Nc1nc2[nH]c(=S)oc2c(=O)[nH]1. The molecule has 0 amide bonds. The van der Waals surface area contributed by atoms with Crippen molar-refractivity contribution in [3.05, 3.63) is 15.2 Å². The third kappa shape index (κ3) is 0.909. The number of hydrogen-bond donors (Lipinski definition) is 3. The average Bonchev–Trinajstić information content (AvgIpc) is 2.29. The number of anilines is 1. The Bertz CT molecular complexity index is 536. The highest BCUT2D eigenvalue weighted by Crippen LogP contribution is 2.04. The van der Waals surface area contributed by atoms with Gasteiger partial charge < -0.3 is 10.2 Å². The largest absolute Gasteiger partial charge is 0.422 e. The molecular weight excluding hydrogens is 180 g/mol. The molecule has 0 saturated carbocycles. The quantitative estimate of drug-likeness (QED) is 0.506. The Morgan fingerprint density at radius 2 is 2.25 bits per heavy atom. The van der Waals surface area contributed by atoms with Gasteiger partial charge in [0.2, 0.25) is 11.5 Å². The van der Waals surface area contributed by atoms with E-state index in [0.717, 1.165) is 0 Å². The molecule has 4 N–H and O–H groups in total. The topological polar surface area (TPSA) is 101 Å². The molecule has 0 aliphatic heterocycles. The molecule has 0 fully saturated rings. The summed E-state index contributed by atoms with van der Waals surface area (Å²) in [6.07, 6.45) is 0. The first-order chi connectivity index (χ1) is 5.66. The predicted molar refractivity (Wildman–Crippen MR) is 44.2 cm³/mol. The van der Waals surface area contributed by atoms with Crippen LogP contribution >= 0.6 is 12.2 Å². The molecule has 0 spiro atoms. The van der Waals surface area contributed by atoms with Gasteiger partial charge in [-0.3, -0.25) is 14.8 Å². The van der Waals surface area contributed by atoms with E-state index in [1.807, 2.05) is 0 Å². The van der Waals surface area contributed by atoms with Crippen LogP contribution in [0.1, 0.15) is 0 Å². The number of rotatable bonds is 0. The van der Waals surface area contributed by atoms with Gasteiger partial charge in [0.15, 0.2) is 5.65 Å². The van der Waals surface area contributed by atoms with E-state index in [-0.39, 0.29) is 22.0 Å². The van der Waals surface area contributed by atoms with E-state index < -0.39 is 5.56 Å². The maximum Gasteiger partial charge on any atom is 0.297 e.